The summed E-state index contributed by atoms with van der Waals surface area (Å²) >= 11 is 1.61. The minimum absolute atomic E-state index is 0.126. The summed E-state index contributed by atoms with van der Waals surface area (Å²) in [6.07, 6.45) is 3.41. The summed E-state index contributed by atoms with van der Waals surface area (Å²) in [5.74, 6) is 1.49. The molecule has 4 rings (SSSR count). The number of nitrogens with zero attached hydrogens (tertiary/aromatic N) is 3. The summed E-state index contributed by atoms with van der Waals surface area (Å²) in [6.45, 7) is 3.65. The number of likely N-dealkylation sites (tertiary alicyclic amines) is 1. The van der Waals surface area contributed by atoms with Gasteiger partial charge in [0.15, 0.2) is 5.66 Å². The van der Waals surface area contributed by atoms with E-state index in [1.165, 1.54) is 0 Å². The Balaban J connectivity index is 1.45. The van der Waals surface area contributed by atoms with Gasteiger partial charge in [0.2, 0.25) is 0 Å². The zero-order valence-electron chi connectivity index (χ0n) is 18.6. The second-order valence-corrected chi connectivity index (χ2v) is 8.43. The molecule has 1 spiro atoms. The van der Waals surface area contributed by atoms with E-state index in [1.54, 1.807) is 18.9 Å². The predicted molar refractivity (Wildman–Crippen MR) is 131 cm³/mol. The SMILES string of the molecule is CCOc1ccccc1NC(=O)N1CCC2(CC1)N=C(SC)C(c1ccc(OC)cc1)=N2. The second kappa shape index (κ2) is 9.65. The van der Waals surface area contributed by atoms with Crippen LogP contribution in [0, 0.1) is 0 Å². The van der Waals surface area contributed by atoms with Crippen molar-refractivity contribution in [2.24, 2.45) is 9.98 Å². The number of benzene rings is 2. The molecular formula is C24H28N4O3S. The molecule has 7 nitrogen and oxygen atoms in total. The summed E-state index contributed by atoms with van der Waals surface area (Å²) in [4.78, 5) is 24.7. The van der Waals surface area contributed by atoms with E-state index in [-0.39, 0.29) is 6.03 Å². The Morgan fingerprint density at radius 1 is 1.12 bits per heavy atom. The maximum absolute atomic E-state index is 12.9. The molecule has 1 N–H and O–H groups in total. The van der Waals surface area contributed by atoms with Crippen LogP contribution in [-0.4, -0.2) is 60.4 Å². The largest absolute Gasteiger partial charge is 0.497 e. The van der Waals surface area contributed by atoms with Gasteiger partial charge < -0.3 is 19.7 Å². The molecular weight excluding hydrogens is 424 g/mol. The molecule has 1 fully saturated rings. The van der Waals surface area contributed by atoms with Gasteiger partial charge in [-0.2, -0.15) is 0 Å². The zero-order chi connectivity index (χ0) is 22.6. The lowest BCUT2D eigenvalue weighted by Gasteiger charge is -2.35. The molecule has 32 heavy (non-hydrogen) atoms. The first-order chi connectivity index (χ1) is 15.6. The van der Waals surface area contributed by atoms with E-state index < -0.39 is 5.66 Å². The van der Waals surface area contributed by atoms with Crippen molar-refractivity contribution < 1.29 is 14.3 Å². The molecule has 0 unspecified atom stereocenters. The van der Waals surface area contributed by atoms with Gasteiger partial charge in [0, 0.05) is 31.5 Å². The summed E-state index contributed by atoms with van der Waals surface area (Å²) in [7, 11) is 1.66. The first kappa shape index (κ1) is 22.2. The first-order valence-corrected chi connectivity index (χ1v) is 12.0. The molecule has 168 valence electrons. The van der Waals surface area contributed by atoms with Gasteiger partial charge in [-0.3, -0.25) is 4.99 Å². The van der Waals surface area contributed by atoms with Gasteiger partial charge in [0.1, 0.15) is 16.5 Å². The Morgan fingerprint density at radius 2 is 1.84 bits per heavy atom. The van der Waals surface area contributed by atoms with Crippen LogP contribution in [0.1, 0.15) is 25.3 Å². The lowest BCUT2D eigenvalue weighted by atomic mass is 9.98. The van der Waals surface area contributed by atoms with Crippen molar-refractivity contribution in [3.8, 4) is 11.5 Å². The number of para-hydroxylation sites is 2. The van der Waals surface area contributed by atoms with Crippen LogP contribution in [0.5, 0.6) is 11.5 Å². The van der Waals surface area contributed by atoms with E-state index in [4.69, 9.17) is 19.5 Å². The van der Waals surface area contributed by atoms with Gasteiger partial charge in [-0.05, 0) is 49.6 Å². The third-order valence-corrected chi connectivity index (χ3v) is 6.34. The molecule has 2 aliphatic heterocycles. The lowest BCUT2D eigenvalue weighted by Crippen LogP contribution is -2.46. The first-order valence-electron chi connectivity index (χ1n) is 10.7. The second-order valence-electron chi connectivity index (χ2n) is 7.64. The number of thioether (sulfide) groups is 1. The standard InChI is InChI=1S/C24H28N4O3S/c1-4-31-20-8-6-5-7-19(20)25-23(29)28-15-13-24(14-16-28)26-21(22(27-24)32-3)17-9-11-18(30-2)12-10-17/h5-12H,4,13-16H2,1-3H3,(H,25,29). The van der Waals surface area contributed by atoms with Gasteiger partial charge in [-0.25, -0.2) is 9.79 Å². The number of hydrogen-bond donors (Lipinski definition) is 1. The number of rotatable bonds is 5. The number of urea groups is 1. The number of nitrogens with one attached hydrogen (secondary N) is 1. The summed E-state index contributed by atoms with van der Waals surface area (Å²) in [5, 5.41) is 3.93. The van der Waals surface area contributed by atoms with Crippen LogP contribution < -0.4 is 14.8 Å². The molecule has 0 aromatic heterocycles. The van der Waals surface area contributed by atoms with Crippen LogP contribution in [0.25, 0.3) is 0 Å². The number of carbonyl (C=O) groups is 1. The quantitative estimate of drug-likeness (QED) is 0.715. The van der Waals surface area contributed by atoms with E-state index >= 15 is 0 Å². The molecule has 0 radical (unpaired) electrons. The monoisotopic (exact) mass is 452 g/mol. The molecule has 8 heteroatoms. The number of hydrogen-bond acceptors (Lipinski definition) is 6. The van der Waals surface area contributed by atoms with Crippen molar-refractivity contribution in [1.82, 2.24) is 4.90 Å². The zero-order valence-corrected chi connectivity index (χ0v) is 19.4. The van der Waals surface area contributed by atoms with Crippen LogP contribution in [0.15, 0.2) is 58.5 Å². The number of ether oxygens (including phenoxy) is 2. The average Bonchev–Trinajstić information content (AvgIpc) is 3.19. The van der Waals surface area contributed by atoms with Crippen LogP contribution in [0.3, 0.4) is 0 Å². The van der Waals surface area contributed by atoms with Crippen LogP contribution in [0.4, 0.5) is 10.5 Å². The Labute approximate surface area is 192 Å². The van der Waals surface area contributed by atoms with E-state index in [2.05, 4.69) is 5.32 Å². The average molecular weight is 453 g/mol. The van der Waals surface area contributed by atoms with Gasteiger partial charge in [0.25, 0.3) is 0 Å². The number of piperidine rings is 1. The van der Waals surface area contributed by atoms with Crippen molar-refractivity contribution >= 4 is 34.2 Å². The summed E-state index contributed by atoms with van der Waals surface area (Å²) < 4.78 is 10.9. The molecule has 2 aromatic carbocycles. The number of amides is 2. The predicted octanol–water partition coefficient (Wildman–Crippen LogP) is 4.68. The highest BCUT2D eigenvalue weighted by atomic mass is 32.2. The van der Waals surface area contributed by atoms with E-state index in [1.807, 2.05) is 66.6 Å². The van der Waals surface area contributed by atoms with Gasteiger partial charge in [-0.1, -0.05) is 12.1 Å². The molecule has 0 aliphatic carbocycles. The van der Waals surface area contributed by atoms with Crippen LogP contribution in [0.2, 0.25) is 0 Å². The Morgan fingerprint density at radius 3 is 2.50 bits per heavy atom. The highest BCUT2D eigenvalue weighted by Crippen LogP contribution is 2.35. The van der Waals surface area contributed by atoms with Crippen LogP contribution >= 0.6 is 11.8 Å². The highest BCUT2D eigenvalue weighted by Gasteiger charge is 2.40. The van der Waals surface area contributed by atoms with Gasteiger partial charge in [-0.15, -0.1) is 11.8 Å². The van der Waals surface area contributed by atoms with Gasteiger partial charge >= 0.3 is 6.03 Å². The Hall–Kier alpha value is -3.00. The van der Waals surface area contributed by atoms with Crippen molar-refractivity contribution in [3.05, 3.63) is 54.1 Å². The maximum Gasteiger partial charge on any atom is 0.321 e. The summed E-state index contributed by atoms with van der Waals surface area (Å²) in [5.41, 5.74) is 2.14. The Kier molecular flexibility index (Phi) is 6.69. The van der Waals surface area contributed by atoms with E-state index in [0.29, 0.717) is 44.0 Å². The van der Waals surface area contributed by atoms with Gasteiger partial charge in [0.05, 0.1) is 25.1 Å². The smallest absolute Gasteiger partial charge is 0.321 e. The molecule has 2 aliphatic rings. The summed E-state index contributed by atoms with van der Waals surface area (Å²) in [6, 6.07) is 15.3. The highest BCUT2D eigenvalue weighted by molar-refractivity contribution is 8.15. The fourth-order valence-electron chi connectivity index (χ4n) is 3.94. The number of aliphatic imine (C=N–C) groups is 2. The molecule has 0 saturated carbocycles. The number of anilines is 1. The molecule has 2 aromatic rings. The molecule has 2 heterocycles. The molecule has 0 bridgehead atoms. The number of methoxy groups -OCH3 is 1. The minimum atomic E-state index is -0.492. The molecule has 0 atom stereocenters. The third-order valence-electron chi connectivity index (χ3n) is 5.67. The van der Waals surface area contributed by atoms with Crippen molar-refractivity contribution in [1.29, 1.82) is 0 Å². The Bertz CT molecular complexity index is 1030. The third kappa shape index (κ3) is 4.60. The van der Waals surface area contributed by atoms with Crippen molar-refractivity contribution in [2.75, 3.05) is 38.4 Å². The minimum Gasteiger partial charge on any atom is -0.497 e. The number of carbonyl (C=O) groups excluding carboxylic acids is 1. The van der Waals surface area contributed by atoms with E-state index in [9.17, 15) is 4.79 Å². The van der Waals surface area contributed by atoms with E-state index in [0.717, 1.165) is 22.1 Å². The normalized spacial score (nSPS) is 17.0. The lowest BCUT2D eigenvalue weighted by molar-refractivity contribution is 0.175. The maximum atomic E-state index is 12.9. The fraction of sp³-hybridized carbons (Fsp3) is 0.375. The fourth-order valence-corrected chi connectivity index (χ4v) is 4.56. The molecule has 2 amide bonds. The van der Waals surface area contributed by atoms with Crippen molar-refractivity contribution in [3.63, 3.8) is 0 Å². The topological polar surface area (TPSA) is 75.5 Å². The molecule has 1 saturated heterocycles. The van der Waals surface area contributed by atoms with Crippen LogP contribution in [-0.2, 0) is 0 Å². The van der Waals surface area contributed by atoms with Crippen molar-refractivity contribution in [2.45, 2.75) is 25.4 Å².